The first-order chi connectivity index (χ1) is 9.50. The van der Waals surface area contributed by atoms with Crippen molar-refractivity contribution < 1.29 is 14.3 Å². The molecule has 5 nitrogen and oxygen atoms in total. The first kappa shape index (κ1) is 13.7. The molecule has 3 rings (SSSR count). The van der Waals surface area contributed by atoms with Crippen molar-refractivity contribution in [3.05, 3.63) is 28.2 Å². The van der Waals surface area contributed by atoms with Crippen LogP contribution in [0.25, 0.3) is 0 Å². The summed E-state index contributed by atoms with van der Waals surface area (Å²) in [5, 5.41) is 0.681. The van der Waals surface area contributed by atoms with Crippen LogP contribution in [0.3, 0.4) is 0 Å². The molecule has 2 heterocycles. The Balaban J connectivity index is 2.01. The molecule has 2 aliphatic heterocycles. The van der Waals surface area contributed by atoms with Crippen molar-refractivity contribution in [1.29, 1.82) is 0 Å². The normalized spacial score (nSPS) is 26.1. The Labute approximate surface area is 126 Å². The Morgan fingerprint density at radius 1 is 1.20 bits per heavy atom. The molecule has 20 heavy (non-hydrogen) atoms. The number of anilines is 1. The van der Waals surface area contributed by atoms with E-state index >= 15 is 0 Å². The van der Waals surface area contributed by atoms with Crippen LogP contribution in [0, 0.1) is 5.92 Å². The second kappa shape index (κ2) is 4.91. The summed E-state index contributed by atoms with van der Waals surface area (Å²) in [6, 6.07) is 4.13. The molecule has 0 aromatic heterocycles. The van der Waals surface area contributed by atoms with E-state index in [2.05, 4.69) is 0 Å². The summed E-state index contributed by atoms with van der Waals surface area (Å²) in [5.41, 5.74) is 0.423. The van der Waals surface area contributed by atoms with Gasteiger partial charge in [-0.15, -0.1) is 0 Å². The molecule has 0 radical (unpaired) electrons. The van der Waals surface area contributed by atoms with Gasteiger partial charge in [-0.25, -0.2) is 9.69 Å². The van der Waals surface area contributed by atoms with Gasteiger partial charge >= 0.3 is 6.03 Å². The minimum Gasteiger partial charge on any atom is -0.378 e. The lowest BCUT2D eigenvalue weighted by Crippen LogP contribution is -2.60. The molecule has 1 aromatic carbocycles. The second-order valence-corrected chi connectivity index (χ2v) is 5.69. The van der Waals surface area contributed by atoms with E-state index in [1.807, 2.05) is 0 Å². The molecule has 0 bridgehead atoms. The number of hydrogen-bond donors (Lipinski definition) is 0. The van der Waals surface area contributed by atoms with Gasteiger partial charge in [0.05, 0.1) is 40.9 Å². The van der Waals surface area contributed by atoms with Gasteiger partial charge in [0.15, 0.2) is 0 Å². The van der Waals surface area contributed by atoms with Crippen molar-refractivity contribution in [2.45, 2.75) is 6.04 Å². The summed E-state index contributed by atoms with van der Waals surface area (Å²) in [7, 11) is 1.67. The molecule has 2 unspecified atom stereocenters. The van der Waals surface area contributed by atoms with Crippen LogP contribution in [0.2, 0.25) is 10.0 Å². The summed E-state index contributed by atoms with van der Waals surface area (Å²) in [5.74, 6) is -0.582. The number of hydrogen-bond acceptors (Lipinski definition) is 3. The molecular weight excluding hydrogens is 303 g/mol. The molecule has 0 aliphatic carbocycles. The van der Waals surface area contributed by atoms with Crippen LogP contribution >= 0.6 is 23.2 Å². The van der Waals surface area contributed by atoms with E-state index in [1.165, 1.54) is 6.07 Å². The quantitative estimate of drug-likeness (QED) is 0.800. The molecule has 2 aliphatic rings. The average molecular weight is 315 g/mol. The Hall–Kier alpha value is -1.30. The maximum Gasteiger partial charge on any atom is 0.331 e. The smallest absolute Gasteiger partial charge is 0.331 e. The Morgan fingerprint density at radius 3 is 2.65 bits per heavy atom. The molecule has 0 spiro atoms. The highest BCUT2D eigenvalue weighted by molar-refractivity contribution is 6.42. The standard InChI is InChI=1S/C13H12Cl2N2O3/c1-16-11-6-20-5-8(11)12(18)17(13(16)19)7-2-3-9(14)10(15)4-7/h2-4,8,11H,5-6H2,1H3. The van der Waals surface area contributed by atoms with Crippen molar-refractivity contribution in [2.75, 3.05) is 25.2 Å². The molecule has 2 fully saturated rings. The number of fused-ring (bicyclic) bond motifs is 1. The van der Waals surface area contributed by atoms with Crippen molar-refractivity contribution in [1.82, 2.24) is 4.90 Å². The van der Waals surface area contributed by atoms with Crippen LogP contribution in [0.15, 0.2) is 18.2 Å². The Morgan fingerprint density at radius 2 is 1.95 bits per heavy atom. The van der Waals surface area contributed by atoms with E-state index in [4.69, 9.17) is 27.9 Å². The topological polar surface area (TPSA) is 49.9 Å². The maximum absolute atomic E-state index is 12.5. The minimum atomic E-state index is -0.375. The van der Waals surface area contributed by atoms with Crippen molar-refractivity contribution >= 4 is 40.8 Å². The van der Waals surface area contributed by atoms with Crippen LogP contribution in [-0.4, -0.2) is 43.1 Å². The summed E-state index contributed by atoms with van der Waals surface area (Å²) >= 11 is 11.8. The molecule has 3 amide bonds. The molecule has 1 aromatic rings. The van der Waals surface area contributed by atoms with E-state index in [-0.39, 0.29) is 23.9 Å². The Bertz CT molecular complexity index is 593. The zero-order valence-electron chi connectivity index (χ0n) is 10.7. The third kappa shape index (κ3) is 1.97. The summed E-state index contributed by atoms with van der Waals surface area (Å²) in [6.07, 6.45) is 0. The van der Waals surface area contributed by atoms with Gasteiger partial charge in [-0.1, -0.05) is 23.2 Å². The van der Waals surface area contributed by atoms with Gasteiger partial charge in [0.1, 0.15) is 0 Å². The number of carbonyl (C=O) groups is 2. The third-order valence-corrected chi connectivity index (χ3v) is 4.48. The summed E-state index contributed by atoms with van der Waals surface area (Å²) < 4.78 is 5.32. The fourth-order valence-electron chi connectivity index (χ4n) is 2.58. The van der Waals surface area contributed by atoms with Gasteiger partial charge in [-0.05, 0) is 18.2 Å². The SMILES string of the molecule is CN1C(=O)N(c2ccc(Cl)c(Cl)c2)C(=O)C2COCC21. The predicted octanol–water partition coefficient (Wildman–Crippen LogP) is 2.41. The van der Waals surface area contributed by atoms with Gasteiger partial charge in [-0.2, -0.15) is 0 Å². The predicted molar refractivity (Wildman–Crippen MR) is 75.2 cm³/mol. The molecule has 0 saturated carbocycles. The number of rotatable bonds is 1. The minimum absolute atomic E-state index is 0.186. The van der Waals surface area contributed by atoms with Gasteiger partial charge in [0.2, 0.25) is 5.91 Å². The van der Waals surface area contributed by atoms with Crippen LogP contribution in [0.5, 0.6) is 0 Å². The van der Waals surface area contributed by atoms with Crippen molar-refractivity contribution in [2.24, 2.45) is 5.92 Å². The number of urea groups is 1. The molecular formula is C13H12Cl2N2O3. The molecule has 2 saturated heterocycles. The number of amides is 3. The number of benzene rings is 1. The number of ether oxygens (including phenoxy) is 1. The van der Waals surface area contributed by atoms with E-state index < -0.39 is 0 Å². The lowest BCUT2D eigenvalue weighted by molar-refractivity contribution is -0.124. The average Bonchev–Trinajstić information content (AvgIpc) is 2.90. The van der Waals surface area contributed by atoms with Crippen LogP contribution < -0.4 is 4.90 Å². The van der Waals surface area contributed by atoms with Crippen molar-refractivity contribution in [3.8, 4) is 0 Å². The van der Waals surface area contributed by atoms with E-state index in [0.717, 1.165) is 4.90 Å². The third-order valence-electron chi connectivity index (χ3n) is 3.74. The largest absolute Gasteiger partial charge is 0.378 e. The number of carbonyl (C=O) groups excluding carboxylic acids is 2. The number of likely N-dealkylation sites (N-methyl/N-ethyl adjacent to an activating group) is 1. The van der Waals surface area contributed by atoms with Crippen LogP contribution in [0.1, 0.15) is 0 Å². The van der Waals surface area contributed by atoms with Gasteiger partial charge in [0.25, 0.3) is 0 Å². The Kier molecular flexibility index (Phi) is 3.36. The monoisotopic (exact) mass is 314 g/mol. The van der Waals surface area contributed by atoms with E-state index in [9.17, 15) is 9.59 Å². The lowest BCUT2D eigenvalue weighted by atomic mass is 9.98. The fourth-order valence-corrected chi connectivity index (χ4v) is 2.87. The highest BCUT2D eigenvalue weighted by Crippen LogP contribution is 2.33. The molecule has 7 heteroatoms. The first-order valence-electron chi connectivity index (χ1n) is 6.14. The highest BCUT2D eigenvalue weighted by Gasteiger charge is 2.48. The summed E-state index contributed by atoms with van der Waals surface area (Å²) in [4.78, 5) is 27.5. The lowest BCUT2D eigenvalue weighted by Gasteiger charge is -2.38. The zero-order valence-corrected chi connectivity index (χ0v) is 12.2. The zero-order chi connectivity index (χ0) is 14.4. The van der Waals surface area contributed by atoms with Gasteiger partial charge in [-0.3, -0.25) is 4.79 Å². The maximum atomic E-state index is 12.5. The molecule has 106 valence electrons. The molecule has 2 atom stereocenters. The van der Waals surface area contributed by atoms with Crippen molar-refractivity contribution in [3.63, 3.8) is 0 Å². The van der Waals surface area contributed by atoms with E-state index in [0.29, 0.717) is 28.9 Å². The van der Waals surface area contributed by atoms with Crippen LogP contribution in [-0.2, 0) is 9.53 Å². The fraction of sp³-hybridized carbons (Fsp3) is 0.385. The van der Waals surface area contributed by atoms with E-state index in [1.54, 1.807) is 24.1 Å². The van der Waals surface area contributed by atoms with Gasteiger partial charge in [0, 0.05) is 7.05 Å². The number of nitrogens with zero attached hydrogens (tertiary/aromatic N) is 2. The van der Waals surface area contributed by atoms with Crippen LogP contribution in [0.4, 0.5) is 10.5 Å². The number of imide groups is 1. The first-order valence-corrected chi connectivity index (χ1v) is 6.90. The van der Waals surface area contributed by atoms with Gasteiger partial charge < -0.3 is 9.64 Å². The summed E-state index contributed by atoms with van der Waals surface area (Å²) in [6.45, 7) is 0.729. The molecule has 0 N–H and O–H groups in total. The number of halogens is 2. The highest BCUT2D eigenvalue weighted by atomic mass is 35.5. The second-order valence-electron chi connectivity index (χ2n) is 4.88.